The molecule has 4 rings (SSSR count). The Morgan fingerprint density at radius 1 is 0.895 bits per heavy atom. The van der Waals surface area contributed by atoms with Gasteiger partial charge in [0.2, 0.25) is 5.91 Å². The molecule has 2 aromatic carbocycles. The number of carbonyl (C=O) groups is 1. The maximum atomic E-state index is 10.8. The number of benzene rings is 2. The monoisotopic (exact) mass is 250 g/mol. The Bertz CT molecular complexity index is 658. The second-order valence-corrected chi connectivity index (χ2v) is 4.45. The van der Waals surface area contributed by atoms with E-state index in [1.165, 1.54) is 10.9 Å². The van der Waals surface area contributed by atoms with Gasteiger partial charge in [-0.25, -0.2) is 0 Å². The Labute approximate surface area is 111 Å². The van der Waals surface area contributed by atoms with Crippen LogP contribution in [0.25, 0.3) is 10.9 Å². The molecule has 0 aliphatic carbocycles. The number of nitrogens with one attached hydrogen (secondary N) is 2. The van der Waals surface area contributed by atoms with E-state index in [4.69, 9.17) is 0 Å². The van der Waals surface area contributed by atoms with Crippen LogP contribution in [-0.4, -0.2) is 10.9 Å². The average Bonchev–Trinajstić information content (AvgIpc) is 3.03. The third-order valence-electron chi connectivity index (χ3n) is 3.10. The van der Waals surface area contributed by atoms with Crippen LogP contribution in [-0.2, 0) is 11.2 Å². The quantitative estimate of drug-likeness (QED) is 0.631. The van der Waals surface area contributed by atoms with Crippen LogP contribution in [0.3, 0.4) is 0 Å². The number of H-pyrrole nitrogens is 1. The van der Waals surface area contributed by atoms with Crippen LogP contribution < -0.4 is 5.32 Å². The molecule has 1 aromatic heterocycles. The minimum atomic E-state index is 0.0983. The zero-order valence-electron chi connectivity index (χ0n) is 10.4. The first-order chi connectivity index (χ1) is 9.33. The summed E-state index contributed by atoms with van der Waals surface area (Å²) in [5.74, 6) is 0.0983. The molecule has 0 radical (unpaired) electrons. The Kier molecular flexibility index (Phi) is 3.02. The first-order valence-electron chi connectivity index (χ1n) is 6.23. The number of aromatic amines is 1. The number of carbonyl (C=O) groups excluding carboxylic acids is 1. The van der Waals surface area contributed by atoms with Crippen LogP contribution in [0, 0.1) is 0 Å². The minimum Gasteiger partial charge on any atom is -0.361 e. The molecule has 94 valence electrons. The van der Waals surface area contributed by atoms with E-state index >= 15 is 0 Å². The lowest BCUT2D eigenvalue weighted by Crippen LogP contribution is -2.03. The summed E-state index contributed by atoms with van der Waals surface area (Å²) in [7, 11) is 0. The molecule has 0 fully saturated rings. The molecule has 0 bridgehead atoms. The van der Waals surface area contributed by atoms with Gasteiger partial charge in [0.05, 0.1) is 6.42 Å². The van der Waals surface area contributed by atoms with Gasteiger partial charge in [0.15, 0.2) is 0 Å². The zero-order valence-corrected chi connectivity index (χ0v) is 10.4. The standard InChI is InChI=1S/C8H7NO.C8H7N/c10-8-5-6-3-1-2-4-7(6)9-8;1-2-4-8-7(3-1)5-6-9-8/h1-4H,5H2,(H,9,10);1-6,9H. The SMILES string of the molecule is O=C1Cc2ccccc2N1.c1ccc2[nH]ccc2c1. The lowest BCUT2D eigenvalue weighted by atomic mass is 10.2. The number of rotatable bonds is 0. The van der Waals surface area contributed by atoms with Crippen molar-refractivity contribution in [3.63, 3.8) is 0 Å². The lowest BCUT2D eigenvalue weighted by Gasteiger charge is -1.93. The van der Waals surface area contributed by atoms with Gasteiger partial charge in [0.1, 0.15) is 0 Å². The van der Waals surface area contributed by atoms with Gasteiger partial charge < -0.3 is 10.3 Å². The van der Waals surface area contributed by atoms with Gasteiger partial charge in [0.25, 0.3) is 0 Å². The van der Waals surface area contributed by atoms with Gasteiger partial charge in [-0.15, -0.1) is 0 Å². The van der Waals surface area contributed by atoms with Crippen molar-refractivity contribution in [2.24, 2.45) is 0 Å². The number of hydrogen-bond acceptors (Lipinski definition) is 1. The summed E-state index contributed by atoms with van der Waals surface area (Å²) in [5.41, 5.74) is 3.28. The molecule has 0 unspecified atom stereocenters. The highest BCUT2D eigenvalue weighted by atomic mass is 16.1. The molecule has 0 spiro atoms. The van der Waals surface area contributed by atoms with E-state index in [2.05, 4.69) is 28.5 Å². The highest BCUT2D eigenvalue weighted by Crippen LogP contribution is 2.21. The predicted octanol–water partition coefficient (Wildman–Crippen LogP) is 3.35. The molecule has 3 nitrogen and oxygen atoms in total. The van der Waals surface area contributed by atoms with Gasteiger partial charge in [-0.3, -0.25) is 4.79 Å². The fourth-order valence-electron chi connectivity index (χ4n) is 2.16. The Morgan fingerprint density at radius 3 is 2.53 bits per heavy atom. The second-order valence-electron chi connectivity index (χ2n) is 4.45. The predicted molar refractivity (Wildman–Crippen MR) is 77.1 cm³/mol. The number of fused-ring (bicyclic) bond motifs is 2. The number of anilines is 1. The first-order valence-corrected chi connectivity index (χ1v) is 6.23. The van der Waals surface area contributed by atoms with Gasteiger partial charge in [0, 0.05) is 17.4 Å². The van der Waals surface area contributed by atoms with Gasteiger partial charge >= 0.3 is 0 Å². The van der Waals surface area contributed by atoms with Crippen molar-refractivity contribution in [2.75, 3.05) is 5.32 Å². The average molecular weight is 250 g/mol. The maximum Gasteiger partial charge on any atom is 0.228 e. The molecule has 2 N–H and O–H groups in total. The smallest absolute Gasteiger partial charge is 0.228 e. The lowest BCUT2D eigenvalue weighted by molar-refractivity contribution is -0.115. The third-order valence-corrected chi connectivity index (χ3v) is 3.10. The number of aromatic nitrogens is 1. The van der Waals surface area contributed by atoms with Crippen molar-refractivity contribution in [1.82, 2.24) is 4.98 Å². The minimum absolute atomic E-state index is 0.0983. The van der Waals surface area contributed by atoms with E-state index in [1.54, 1.807) is 0 Å². The molecular weight excluding hydrogens is 236 g/mol. The zero-order chi connectivity index (χ0) is 13.1. The van der Waals surface area contributed by atoms with Crippen LogP contribution in [0.5, 0.6) is 0 Å². The Balaban J connectivity index is 0.000000117. The number of hydrogen-bond donors (Lipinski definition) is 2. The summed E-state index contributed by atoms with van der Waals surface area (Å²) >= 11 is 0. The summed E-state index contributed by atoms with van der Waals surface area (Å²) in [4.78, 5) is 13.9. The van der Waals surface area contributed by atoms with E-state index in [9.17, 15) is 4.79 Å². The molecule has 19 heavy (non-hydrogen) atoms. The van der Waals surface area contributed by atoms with E-state index in [1.807, 2.05) is 42.6 Å². The topological polar surface area (TPSA) is 44.9 Å². The number of amides is 1. The molecule has 0 saturated heterocycles. The van der Waals surface area contributed by atoms with Crippen molar-refractivity contribution in [1.29, 1.82) is 0 Å². The summed E-state index contributed by atoms with van der Waals surface area (Å²) in [6.45, 7) is 0. The van der Waals surface area contributed by atoms with Crippen molar-refractivity contribution in [2.45, 2.75) is 6.42 Å². The van der Waals surface area contributed by atoms with E-state index < -0.39 is 0 Å². The molecule has 0 atom stereocenters. The molecule has 3 heteroatoms. The molecule has 1 amide bonds. The summed E-state index contributed by atoms with van der Waals surface area (Å²) in [6.07, 6.45) is 2.49. The van der Waals surface area contributed by atoms with Gasteiger partial charge in [-0.1, -0.05) is 36.4 Å². The summed E-state index contributed by atoms with van der Waals surface area (Å²) in [5, 5.41) is 4.03. The molecule has 1 aliphatic rings. The largest absolute Gasteiger partial charge is 0.361 e. The Hall–Kier alpha value is -2.55. The first kappa shape index (κ1) is 11.5. The van der Waals surface area contributed by atoms with Crippen LogP contribution in [0.1, 0.15) is 5.56 Å². The molecular formula is C16H14N2O. The van der Waals surface area contributed by atoms with E-state index in [-0.39, 0.29) is 5.91 Å². The van der Waals surface area contributed by atoms with E-state index in [0.717, 1.165) is 11.3 Å². The van der Waals surface area contributed by atoms with Crippen molar-refractivity contribution < 1.29 is 4.79 Å². The maximum absolute atomic E-state index is 10.8. The summed E-state index contributed by atoms with van der Waals surface area (Å²) in [6, 6.07) is 18.0. The van der Waals surface area contributed by atoms with Gasteiger partial charge in [-0.2, -0.15) is 0 Å². The van der Waals surface area contributed by atoms with Gasteiger partial charge in [-0.05, 0) is 29.1 Å². The van der Waals surface area contributed by atoms with Crippen molar-refractivity contribution in [3.8, 4) is 0 Å². The Morgan fingerprint density at radius 2 is 1.68 bits per heavy atom. The fraction of sp³-hybridized carbons (Fsp3) is 0.0625. The van der Waals surface area contributed by atoms with Crippen LogP contribution in [0.4, 0.5) is 5.69 Å². The number of para-hydroxylation sites is 2. The normalized spacial score (nSPS) is 12.5. The summed E-state index contributed by atoms with van der Waals surface area (Å²) < 4.78 is 0. The van der Waals surface area contributed by atoms with E-state index in [0.29, 0.717) is 6.42 Å². The van der Waals surface area contributed by atoms with Crippen LogP contribution >= 0.6 is 0 Å². The van der Waals surface area contributed by atoms with Crippen molar-refractivity contribution >= 4 is 22.5 Å². The second kappa shape index (κ2) is 4.98. The molecule has 1 aliphatic heterocycles. The fourth-order valence-corrected chi connectivity index (χ4v) is 2.16. The van der Waals surface area contributed by atoms with Crippen molar-refractivity contribution in [3.05, 3.63) is 66.4 Å². The third kappa shape index (κ3) is 2.50. The highest BCUT2D eigenvalue weighted by molar-refractivity contribution is 5.98. The molecule has 2 heterocycles. The highest BCUT2D eigenvalue weighted by Gasteiger charge is 2.15. The molecule has 3 aromatic rings. The van der Waals surface area contributed by atoms with Crippen LogP contribution in [0.2, 0.25) is 0 Å². The van der Waals surface area contributed by atoms with Crippen LogP contribution in [0.15, 0.2) is 60.8 Å². The molecule has 0 saturated carbocycles.